The number of nitrogens with zero attached hydrogens (tertiary/aromatic N) is 4. The molecule has 0 N–H and O–H groups in total. The van der Waals surface area contributed by atoms with Gasteiger partial charge >= 0.3 is 5.69 Å². The summed E-state index contributed by atoms with van der Waals surface area (Å²) in [5.74, 6) is 0. The summed E-state index contributed by atoms with van der Waals surface area (Å²) in [4.78, 5) is 11.8. The lowest BCUT2D eigenvalue weighted by Crippen LogP contribution is -2.22. The molecule has 1 heterocycles. The van der Waals surface area contributed by atoms with Crippen LogP contribution in [0.15, 0.2) is 27.5 Å². The van der Waals surface area contributed by atoms with Crippen molar-refractivity contribution >= 4 is 31.9 Å². The van der Waals surface area contributed by atoms with Crippen molar-refractivity contribution in [2.24, 2.45) is 7.05 Å². The van der Waals surface area contributed by atoms with Gasteiger partial charge in [-0.2, -0.15) is 9.36 Å². The van der Waals surface area contributed by atoms with Gasteiger partial charge < -0.3 is 0 Å². The largest absolute Gasteiger partial charge is 0.368 e. The number of aromatic nitrogens is 4. The van der Waals surface area contributed by atoms with Crippen molar-refractivity contribution in [3.05, 3.63) is 38.7 Å². The normalized spacial score (nSPS) is 13.4. The summed E-state index contributed by atoms with van der Waals surface area (Å²) < 4.78 is 18.2. The highest BCUT2D eigenvalue weighted by atomic mass is 79.9. The first kappa shape index (κ1) is 9.12. The van der Waals surface area contributed by atoms with Gasteiger partial charge in [0.1, 0.15) is 0 Å². The van der Waals surface area contributed by atoms with E-state index in [1.807, 2.05) is 0 Å². The fourth-order valence-corrected chi connectivity index (χ4v) is 2.39. The summed E-state index contributed by atoms with van der Waals surface area (Å²) in [5.41, 5.74) is 0.183. The van der Waals surface area contributed by atoms with Crippen LogP contribution in [0.2, 0.25) is 0 Å². The Balaban J connectivity index is 2.77. The number of benzene rings is 1. The first-order chi connectivity index (χ1) is 8.32. The Kier molecular flexibility index (Phi) is 2.57. The number of halogens is 2. The van der Waals surface area contributed by atoms with E-state index in [2.05, 4.69) is 42.3 Å². The second-order valence-electron chi connectivity index (χ2n) is 3.03. The molecular weight excluding hydrogens is 340 g/mol. The van der Waals surface area contributed by atoms with Crippen molar-refractivity contribution in [1.29, 1.82) is 0 Å². The number of hydrogen-bond acceptors (Lipinski definition) is 3. The molecule has 5 nitrogen and oxygen atoms in total. The van der Waals surface area contributed by atoms with Crippen molar-refractivity contribution in [2.45, 2.75) is 5.28 Å². The number of tetrazole rings is 1. The van der Waals surface area contributed by atoms with Crippen LogP contribution in [0, 0.1) is 0 Å². The van der Waals surface area contributed by atoms with Gasteiger partial charge in [0.2, 0.25) is 0 Å². The van der Waals surface area contributed by atoms with Crippen LogP contribution >= 0.6 is 31.9 Å². The van der Waals surface area contributed by atoms with E-state index in [1.54, 1.807) is 18.2 Å². The molecule has 1 aromatic heterocycles. The van der Waals surface area contributed by atoms with Crippen LogP contribution in [0.4, 0.5) is 0 Å². The minimum atomic E-state index is -1.79. The smallest absolute Gasteiger partial charge is 0.244 e. The molecule has 16 heavy (non-hydrogen) atoms. The molecule has 7 heteroatoms. The summed E-state index contributed by atoms with van der Waals surface area (Å²) in [6.07, 6.45) is 0. The van der Waals surface area contributed by atoms with E-state index in [0.717, 1.165) is 9.36 Å². The molecule has 0 bridgehead atoms. The maximum Gasteiger partial charge on any atom is 0.368 e. The third-order valence-corrected chi connectivity index (χ3v) is 3.09. The first-order valence-electron chi connectivity index (χ1n) is 5.29. The molecule has 2 aromatic rings. The maximum atomic E-state index is 11.8. The van der Waals surface area contributed by atoms with Gasteiger partial charge in [0.05, 0.1) is 5.69 Å². The minimum absolute atomic E-state index is 0.285. The van der Waals surface area contributed by atoms with E-state index < -0.39 is 11.0 Å². The van der Waals surface area contributed by atoms with Gasteiger partial charge in [-0.1, -0.05) is 37.9 Å². The van der Waals surface area contributed by atoms with E-state index in [9.17, 15) is 4.79 Å². The molecule has 0 radical (unpaired) electrons. The lowest BCUT2D eigenvalue weighted by atomic mass is 10.2. The average Bonchev–Trinajstić information content (AvgIpc) is 2.57. The molecule has 84 valence electrons. The zero-order chi connectivity index (χ0) is 13.5. The molecule has 0 saturated carbocycles. The fourth-order valence-electron chi connectivity index (χ4n) is 1.25. The topological polar surface area (TPSA) is 52.7 Å². The summed E-state index contributed by atoms with van der Waals surface area (Å²) in [7, 11) is 1.48. The quantitative estimate of drug-likeness (QED) is 0.774. The lowest BCUT2D eigenvalue weighted by molar-refractivity contribution is 0.692. The summed E-state index contributed by atoms with van der Waals surface area (Å²) in [6, 6.07) is 5.00. The number of rotatable bonds is 2. The van der Waals surface area contributed by atoms with Crippen molar-refractivity contribution in [1.82, 2.24) is 19.8 Å². The standard InChI is InChI=1S/C9H8Br2N4O/c1-14-9(16)15(13-12-14)8-4-2-3-7(11)6(8)5-10/h2-4H,5H2,1H3/i5D2. The molecule has 0 unspecified atom stereocenters. The number of hydrogen-bond donors (Lipinski definition) is 0. The zero-order valence-electron chi connectivity index (χ0n) is 10.2. The Morgan fingerprint density at radius 1 is 1.50 bits per heavy atom. The van der Waals surface area contributed by atoms with E-state index in [0.29, 0.717) is 10.2 Å². The molecule has 0 saturated heterocycles. The van der Waals surface area contributed by atoms with Gasteiger partial charge in [-0.05, 0) is 22.6 Å². The summed E-state index contributed by atoms with van der Waals surface area (Å²) in [6.45, 7) is 0. The number of aryl methyl sites for hydroxylation is 1. The molecular formula is C9H8Br2N4O. The van der Waals surface area contributed by atoms with Gasteiger partial charge in [0.25, 0.3) is 0 Å². The van der Waals surface area contributed by atoms with Crippen LogP contribution in [0.1, 0.15) is 8.30 Å². The highest BCUT2D eigenvalue weighted by Crippen LogP contribution is 2.24. The lowest BCUT2D eigenvalue weighted by Gasteiger charge is -2.06. The van der Waals surface area contributed by atoms with Crippen LogP contribution < -0.4 is 5.69 Å². The second-order valence-corrected chi connectivity index (χ2v) is 4.28. The molecule has 0 aliphatic rings. The number of alkyl halides is 1. The van der Waals surface area contributed by atoms with Crippen LogP contribution in [-0.2, 0) is 12.3 Å². The summed E-state index contributed by atoms with van der Waals surface area (Å²) in [5, 5.41) is 5.53. The molecule has 0 spiro atoms. The predicted octanol–water partition coefficient (Wildman–Crippen LogP) is 1.62. The first-order valence-corrected chi connectivity index (χ1v) is 5.88. The van der Waals surface area contributed by atoms with E-state index in [4.69, 9.17) is 2.74 Å². The van der Waals surface area contributed by atoms with Crippen molar-refractivity contribution in [3.63, 3.8) is 0 Å². The van der Waals surface area contributed by atoms with E-state index in [-0.39, 0.29) is 5.56 Å². The van der Waals surface area contributed by atoms with Crippen molar-refractivity contribution in [3.8, 4) is 5.69 Å². The molecule has 0 aliphatic carbocycles. The maximum absolute atomic E-state index is 11.8. The SMILES string of the molecule is [2H]C([2H])(Br)c1c(Br)cccc1-n1nnn(C)c1=O. The monoisotopic (exact) mass is 348 g/mol. The van der Waals surface area contributed by atoms with Gasteiger partial charge in [-0.3, -0.25) is 0 Å². The average molecular weight is 350 g/mol. The van der Waals surface area contributed by atoms with Gasteiger partial charge in [-0.15, -0.1) is 0 Å². The Bertz CT molecular complexity index is 647. The fraction of sp³-hybridized carbons (Fsp3) is 0.222. The molecule has 0 fully saturated rings. The third-order valence-electron chi connectivity index (χ3n) is 2.04. The second kappa shape index (κ2) is 4.50. The molecule has 1 aromatic carbocycles. The summed E-state index contributed by atoms with van der Waals surface area (Å²) >= 11 is 6.22. The van der Waals surface area contributed by atoms with Crippen LogP contribution in [0.25, 0.3) is 5.69 Å². The highest BCUT2D eigenvalue weighted by Gasteiger charge is 2.12. The van der Waals surface area contributed by atoms with Crippen LogP contribution in [-0.4, -0.2) is 19.8 Å². The van der Waals surface area contributed by atoms with Crippen molar-refractivity contribution in [2.75, 3.05) is 0 Å². The van der Waals surface area contributed by atoms with E-state index in [1.165, 1.54) is 7.05 Å². The highest BCUT2D eigenvalue weighted by molar-refractivity contribution is 9.10. The minimum Gasteiger partial charge on any atom is -0.244 e. The molecule has 0 atom stereocenters. The van der Waals surface area contributed by atoms with Crippen LogP contribution in [0.5, 0.6) is 0 Å². The van der Waals surface area contributed by atoms with Crippen LogP contribution in [0.3, 0.4) is 0 Å². The van der Waals surface area contributed by atoms with Crippen molar-refractivity contribution < 1.29 is 2.74 Å². The Morgan fingerprint density at radius 2 is 2.25 bits per heavy atom. The Hall–Kier alpha value is -0.950. The van der Waals surface area contributed by atoms with Gasteiger partial charge in [0.15, 0.2) is 0 Å². The van der Waals surface area contributed by atoms with Gasteiger partial charge in [0, 0.05) is 25.1 Å². The van der Waals surface area contributed by atoms with E-state index >= 15 is 0 Å². The Labute approximate surface area is 111 Å². The van der Waals surface area contributed by atoms with Gasteiger partial charge in [-0.25, -0.2) is 4.79 Å². The third kappa shape index (κ3) is 1.84. The molecule has 0 aliphatic heterocycles. The molecule has 0 amide bonds. The predicted molar refractivity (Wildman–Crippen MR) is 66.9 cm³/mol. The Morgan fingerprint density at radius 3 is 2.81 bits per heavy atom. The zero-order valence-corrected chi connectivity index (χ0v) is 11.4. The molecule has 2 rings (SSSR count).